The van der Waals surface area contributed by atoms with E-state index in [9.17, 15) is 14.0 Å². The summed E-state index contributed by atoms with van der Waals surface area (Å²) in [6.45, 7) is 0.496. The predicted octanol–water partition coefficient (Wildman–Crippen LogP) is 3.18. The molecule has 2 heterocycles. The first-order chi connectivity index (χ1) is 15.5. The molecule has 164 valence electrons. The molecule has 0 saturated heterocycles. The Labute approximate surface area is 185 Å². The van der Waals surface area contributed by atoms with Crippen LogP contribution in [0.1, 0.15) is 42.3 Å². The van der Waals surface area contributed by atoms with Gasteiger partial charge in [-0.15, -0.1) is 0 Å². The van der Waals surface area contributed by atoms with Crippen LogP contribution in [-0.4, -0.2) is 38.6 Å². The van der Waals surface area contributed by atoms with Crippen molar-refractivity contribution in [3.8, 4) is 0 Å². The monoisotopic (exact) mass is 433 g/mol. The topological polar surface area (TPSA) is 79.6 Å². The molecule has 8 heteroatoms. The van der Waals surface area contributed by atoms with Gasteiger partial charge < -0.3 is 9.88 Å². The van der Waals surface area contributed by atoms with Gasteiger partial charge in [0.2, 0.25) is 11.8 Å². The molecule has 1 N–H and O–H groups in total. The van der Waals surface area contributed by atoms with Crippen LogP contribution in [0.3, 0.4) is 0 Å². The zero-order valence-corrected chi connectivity index (χ0v) is 17.7. The first-order valence-corrected chi connectivity index (χ1v) is 10.5. The van der Waals surface area contributed by atoms with E-state index in [1.807, 2.05) is 30.3 Å². The number of hydrogen-bond acceptors (Lipinski definition) is 4. The van der Waals surface area contributed by atoms with Crippen LogP contribution in [0.4, 0.5) is 4.39 Å². The largest absolute Gasteiger partial charge is 0.342 e. The second-order valence-corrected chi connectivity index (χ2v) is 7.60. The second kappa shape index (κ2) is 9.55. The third-order valence-electron chi connectivity index (χ3n) is 5.40. The number of imidazole rings is 1. The Morgan fingerprint density at radius 2 is 1.84 bits per heavy atom. The molecule has 2 amide bonds. The lowest BCUT2D eigenvalue weighted by atomic mass is 10.0. The zero-order chi connectivity index (χ0) is 22.5. The van der Waals surface area contributed by atoms with Crippen LogP contribution in [0.2, 0.25) is 0 Å². The molecule has 0 unspecified atom stereocenters. The molecular weight excluding hydrogens is 409 g/mol. The number of nitrogens with zero attached hydrogens (tertiary/aromatic N) is 4. The van der Waals surface area contributed by atoms with Crippen molar-refractivity contribution >= 4 is 17.5 Å². The standard InChI is InChI=1S/C24H24FN5O2/c1-29-16-14-26-24(29)23(18-9-5-6-10-19(18)25)27-21(31)11-12-22(32)30-15-13-20(28-30)17-7-3-2-4-8-17/h2-10,14,16,23H,11-13,15H2,1H3,(H,27,31)/t23-/m1/s1. The lowest BCUT2D eigenvalue weighted by Crippen LogP contribution is -2.33. The average Bonchev–Trinajstić information content (AvgIpc) is 3.47. The first-order valence-electron chi connectivity index (χ1n) is 10.5. The molecule has 1 aliphatic rings. The summed E-state index contributed by atoms with van der Waals surface area (Å²) in [4.78, 5) is 29.5. The first kappa shape index (κ1) is 21.4. The predicted molar refractivity (Wildman–Crippen MR) is 118 cm³/mol. The number of aromatic nitrogens is 2. The number of rotatable bonds is 7. The van der Waals surface area contributed by atoms with Gasteiger partial charge in [0.25, 0.3) is 0 Å². The van der Waals surface area contributed by atoms with Gasteiger partial charge in [0.1, 0.15) is 17.7 Å². The number of halogens is 1. The van der Waals surface area contributed by atoms with Crippen molar-refractivity contribution < 1.29 is 14.0 Å². The van der Waals surface area contributed by atoms with Gasteiger partial charge in [-0.25, -0.2) is 14.4 Å². The molecule has 0 spiro atoms. The fourth-order valence-electron chi connectivity index (χ4n) is 3.70. The Hall–Kier alpha value is -3.81. The third-order valence-corrected chi connectivity index (χ3v) is 5.40. The van der Waals surface area contributed by atoms with E-state index in [0.29, 0.717) is 24.4 Å². The highest BCUT2D eigenvalue weighted by molar-refractivity contribution is 6.02. The highest BCUT2D eigenvalue weighted by atomic mass is 19.1. The van der Waals surface area contributed by atoms with Gasteiger partial charge in [0.05, 0.1) is 12.3 Å². The number of carbonyl (C=O) groups excluding carboxylic acids is 2. The Kier molecular flexibility index (Phi) is 6.39. The number of benzene rings is 2. The van der Waals surface area contributed by atoms with E-state index >= 15 is 0 Å². The lowest BCUT2D eigenvalue weighted by molar-refractivity contribution is -0.133. The third kappa shape index (κ3) is 4.74. The van der Waals surface area contributed by atoms with E-state index in [1.165, 1.54) is 11.1 Å². The molecule has 0 fully saturated rings. The molecular formula is C24H24FN5O2. The summed E-state index contributed by atoms with van der Waals surface area (Å²) in [5.41, 5.74) is 2.17. The summed E-state index contributed by atoms with van der Waals surface area (Å²) in [6, 6.07) is 15.2. The van der Waals surface area contributed by atoms with Crippen molar-refractivity contribution in [2.24, 2.45) is 12.1 Å². The SMILES string of the molecule is Cn1ccnc1[C@H](NC(=O)CCC(=O)N1CCC(c2ccccc2)=N1)c1ccccc1F. The average molecular weight is 433 g/mol. The van der Waals surface area contributed by atoms with Crippen LogP contribution >= 0.6 is 0 Å². The van der Waals surface area contributed by atoms with E-state index in [-0.39, 0.29) is 24.7 Å². The van der Waals surface area contributed by atoms with Crippen LogP contribution < -0.4 is 5.32 Å². The zero-order valence-electron chi connectivity index (χ0n) is 17.7. The number of hydrazone groups is 1. The van der Waals surface area contributed by atoms with Crippen molar-refractivity contribution in [1.82, 2.24) is 19.9 Å². The number of amides is 2. The molecule has 1 aromatic heterocycles. The highest BCUT2D eigenvalue weighted by Crippen LogP contribution is 2.23. The van der Waals surface area contributed by atoms with Gasteiger partial charge in [-0.05, 0) is 11.6 Å². The van der Waals surface area contributed by atoms with Gasteiger partial charge in [0, 0.05) is 44.3 Å². The minimum atomic E-state index is -0.756. The van der Waals surface area contributed by atoms with Crippen LogP contribution in [0.15, 0.2) is 72.1 Å². The minimum Gasteiger partial charge on any atom is -0.342 e. The summed E-state index contributed by atoms with van der Waals surface area (Å²) in [6.07, 6.45) is 3.99. The fraction of sp³-hybridized carbons (Fsp3) is 0.250. The van der Waals surface area contributed by atoms with Gasteiger partial charge >= 0.3 is 0 Å². The highest BCUT2D eigenvalue weighted by Gasteiger charge is 2.25. The van der Waals surface area contributed by atoms with Crippen LogP contribution in [0, 0.1) is 5.82 Å². The molecule has 3 aromatic rings. The fourth-order valence-corrected chi connectivity index (χ4v) is 3.70. The Balaban J connectivity index is 1.40. The summed E-state index contributed by atoms with van der Waals surface area (Å²) in [5, 5.41) is 8.66. The van der Waals surface area contributed by atoms with E-state index < -0.39 is 11.9 Å². The lowest BCUT2D eigenvalue weighted by Gasteiger charge is -2.20. The van der Waals surface area contributed by atoms with Crippen molar-refractivity contribution in [2.45, 2.75) is 25.3 Å². The minimum absolute atomic E-state index is 0.0158. The van der Waals surface area contributed by atoms with E-state index in [1.54, 1.807) is 42.2 Å². The maximum Gasteiger partial charge on any atom is 0.243 e. The number of hydrogen-bond donors (Lipinski definition) is 1. The molecule has 7 nitrogen and oxygen atoms in total. The molecule has 0 bridgehead atoms. The quantitative estimate of drug-likeness (QED) is 0.622. The van der Waals surface area contributed by atoms with Crippen molar-refractivity contribution in [1.29, 1.82) is 0 Å². The maximum absolute atomic E-state index is 14.4. The summed E-state index contributed by atoms with van der Waals surface area (Å²) in [5.74, 6) is -0.505. The smallest absolute Gasteiger partial charge is 0.243 e. The molecule has 2 aromatic carbocycles. The maximum atomic E-state index is 14.4. The number of nitrogens with one attached hydrogen (secondary N) is 1. The van der Waals surface area contributed by atoms with E-state index in [4.69, 9.17) is 0 Å². The summed E-state index contributed by atoms with van der Waals surface area (Å²) in [7, 11) is 1.78. The molecule has 0 radical (unpaired) electrons. The van der Waals surface area contributed by atoms with Gasteiger partial charge in [-0.1, -0.05) is 48.5 Å². The van der Waals surface area contributed by atoms with Gasteiger partial charge in [-0.3, -0.25) is 9.59 Å². The second-order valence-electron chi connectivity index (χ2n) is 7.60. The van der Waals surface area contributed by atoms with E-state index in [2.05, 4.69) is 15.4 Å². The van der Waals surface area contributed by atoms with Gasteiger partial charge in [0.15, 0.2) is 0 Å². The Morgan fingerprint density at radius 3 is 2.56 bits per heavy atom. The molecule has 0 aliphatic carbocycles. The molecule has 1 atom stereocenters. The summed E-state index contributed by atoms with van der Waals surface area (Å²) < 4.78 is 16.2. The molecule has 0 saturated carbocycles. The van der Waals surface area contributed by atoms with Crippen LogP contribution in [0.25, 0.3) is 0 Å². The normalized spacial score (nSPS) is 14.2. The van der Waals surface area contributed by atoms with Crippen LogP contribution in [-0.2, 0) is 16.6 Å². The summed E-state index contributed by atoms with van der Waals surface area (Å²) >= 11 is 0. The molecule has 32 heavy (non-hydrogen) atoms. The Bertz CT molecular complexity index is 1140. The van der Waals surface area contributed by atoms with Crippen molar-refractivity contribution in [2.75, 3.05) is 6.54 Å². The molecule has 1 aliphatic heterocycles. The van der Waals surface area contributed by atoms with Crippen molar-refractivity contribution in [3.63, 3.8) is 0 Å². The van der Waals surface area contributed by atoms with Crippen LogP contribution in [0.5, 0.6) is 0 Å². The number of aryl methyl sites for hydroxylation is 1. The Morgan fingerprint density at radius 1 is 1.09 bits per heavy atom. The van der Waals surface area contributed by atoms with E-state index in [0.717, 1.165) is 11.3 Å². The number of carbonyl (C=O) groups is 2. The molecule has 4 rings (SSSR count). The van der Waals surface area contributed by atoms with Gasteiger partial charge in [-0.2, -0.15) is 5.10 Å². The van der Waals surface area contributed by atoms with Crippen molar-refractivity contribution in [3.05, 3.63) is 89.8 Å².